The maximum atomic E-state index is 3.74. The predicted octanol–water partition coefficient (Wildman–Crippen LogP) is 6.74. The van der Waals surface area contributed by atoms with Crippen molar-refractivity contribution in [3.05, 3.63) is 65.7 Å². The second-order valence-electron chi connectivity index (χ2n) is 5.73. The van der Waals surface area contributed by atoms with Crippen molar-refractivity contribution in [3.8, 4) is 0 Å². The van der Waals surface area contributed by atoms with Crippen LogP contribution in [0.15, 0.2) is 58.7 Å². The summed E-state index contributed by atoms with van der Waals surface area (Å²) in [5, 5.41) is 0. The van der Waals surface area contributed by atoms with Crippen LogP contribution in [0.1, 0.15) is 60.3 Å². The molecule has 0 rings (SSSR count). The molecule has 0 unspecified atom stereocenters. The van der Waals surface area contributed by atoms with Crippen molar-refractivity contribution < 1.29 is 0 Å². The van der Waals surface area contributed by atoms with E-state index in [0.717, 1.165) is 12.8 Å². The van der Waals surface area contributed by atoms with Crippen LogP contribution in [0.25, 0.3) is 0 Å². The van der Waals surface area contributed by atoms with E-state index in [1.54, 1.807) is 0 Å². The Labute approximate surface area is 126 Å². The molecule has 0 N–H and O–H groups in total. The van der Waals surface area contributed by atoms with Gasteiger partial charge in [-0.05, 0) is 67.2 Å². The minimum absolute atomic E-state index is 1.14. The van der Waals surface area contributed by atoms with E-state index in [9.17, 15) is 0 Å². The molecule has 0 aromatic carbocycles. The molecule has 1 radical (unpaired) electrons. The van der Waals surface area contributed by atoms with E-state index in [0.29, 0.717) is 0 Å². The van der Waals surface area contributed by atoms with Gasteiger partial charge in [0, 0.05) is 0 Å². The second-order valence-corrected chi connectivity index (χ2v) is 5.73. The average Bonchev–Trinajstić information content (AvgIpc) is 2.38. The Bertz CT molecular complexity index is 407. The highest BCUT2D eigenvalue weighted by molar-refractivity contribution is 5.22. The summed E-state index contributed by atoms with van der Waals surface area (Å²) in [5.41, 5.74) is 5.53. The van der Waals surface area contributed by atoms with Crippen molar-refractivity contribution in [1.29, 1.82) is 0 Å². The molecule has 0 nitrogen and oxygen atoms in total. The van der Waals surface area contributed by atoms with Crippen LogP contribution in [0.2, 0.25) is 0 Å². The van der Waals surface area contributed by atoms with Crippen LogP contribution in [0.4, 0.5) is 0 Å². The summed E-state index contributed by atoms with van der Waals surface area (Å²) in [6.07, 6.45) is 17.6. The standard InChI is InChI=1S/C20H31/c1-7-18(4)12-9-14-20(6)16-10-15-19(5)13-8-11-17(2)3/h7,9,11-12,14-15H,1,8,10,13,16H2,2-6H3. The zero-order valence-electron chi connectivity index (χ0n) is 14.0. The largest absolute Gasteiger partial charge is 0.0856 e. The van der Waals surface area contributed by atoms with Gasteiger partial charge in [-0.2, -0.15) is 0 Å². The van der Waals surface area contributed by atoms with Gasteiger partial charge in [-0.1, -0.05) is 58.7 Å². The molecule has 111 valence electrons. The van der Waals surface area contributed by atoms with Crippen LogP contribution in [-0.2, 0) is 0 Å². The Kier molecular flexibility index (Phi) is 10.8. The quantitative estimate of drug-likeness (QED) is 0.338. The fourth-order valence-corrected chi connectivity index (χ4v) is 1.75. The van der Waals surface area contributed by atoms with Gasteiger partial charge in [0.05, 0.1) is 0 Å². The Morgan fingerprint density at radius 2 is 1.45 bits per heavy atom. The van der Waals surface area contributed by atoms with Gasteiger partial charge < -0.3 is 0 Å². The number of rotatable bonds is 8. The lowest BCUT2D eigenvalue weighted by Crippen LogP contribution is -1.80. The zero-order valence-corrected chi connectivity index (χ0v) is 14.0. The van der Waals surface area contributed by atoms with Crippen molar-refractivity contribution >= 4 is 0 Å². The van der Waals surface area contributed by atoms with E-state index < -0.39 is 0 Å². The summed E-state index contributed by atoms with van der Waals surface area (Å²) in [6, 6.07) is 0. The zero-order chi connectivity index (χ0) is 15.4. The first-order valence-corrected chi connectivity index (χ1v) is 7.54. The van der Waals surface area contributed by atoms with Crippen molar-refractivity contribution in [2.75, 3.05) is 0 Å². The van der Waals surface area contributed by atoms with E-state index >= 15 is 0 Å². The lowest BCUT2D eigenvalue weighted by molar-refractivity contribution is 0.918. The van der Waals surface area contributed by atoms with Crippen LogP contribution < -0.4 is 0 Å². The van der Waals surface area contributed by atoms with Crippen molar-refractivity contribution in [2.45, 2.75) is 60.3 Å². The van der Waals surface area contributed by atoms with Crippen molar-refractivity contribution in [2.24, 2.45) is 0 Å². The van der Waals surface area contributed by atoms with E-state index in [4.69, 9.17) is 0 Å². The highest BCUT2D eigenvalue weighted by Crippen LogP contribution is 2.11. The maximum absolute atomic E-state index is 3.74. The molecule has 0 saturated heterocycles. The van der Waals surface area contributed by atoms with Gasteiger partial charge in [0.15, 0.2) is 0 Å². The lowest BCUT2D eigenvalue weighted by atomic mass is 10.1. The first kappa shape index (κ1) is 18.7. The molecule has 0 aromatic heterocycles. The van der Waals surface area contributed by atoms with Gasteiger partial charge in [-0.15, -0.1) is 0 Å². The maximum Gasteiger partial charge on any atom is -0.0285 e. The lowest BCUT2D eigenvalue weighted by Gasteiger charge is -2.00. The van der Waals surface area contributed by atoms with Crippen LogP contribution in [0.5, 0.6) is 0 Å². The van der Waals surface area contributed by atoms with Crippen LogP contribution >= 0.6 is 0 Å². The van der Waals surface area contributed by atoms with Crippen molar-refractivity contribution in [3.63, 3.8) is 0 Å². The molecule has 0 bridgehead atoms. The monoisotopic (exact) mass is 271 g/mol. The number of allylic oxidation sites excluding steroid dienone is 10. The third-order valence-corrected chi connectivity index (χ3v) is 3.18. The summed E-state index contributed by atoms with van der Waals surface area (Å²) in [7, 11) is 0. The Balaban J connectivity index is 4.06. The topological polar surface area (TPSA) is 0 Å². The SMILES string of the molecule is [CH2]C=C(C)C=CC=C(C)CCC=C(C)CCC=C(C)C. The summed E-state index contributed by atoms with van der Waals surface area (Å²) in [5.74, 6) is 0. The molecular formula is C20H31. The molecule has 0 aliphatic rings. The molecular weight excluding hydrogens is 240 g/mol. The summed E-state index contributed by atoms with van der Waals surface area (Å²) < 4.78 is 0. The highest BCUT2D eigenvalue weighted by atomic mass is 14.0. The molecule has 0 aliphatic carbocycles. The molecule has 0 aliphatic heterocycles. The smallest absolute Gasteiger partial charge is 0.0285 e. The van der Waals surface area contributed by atoms with Gasteiger partial charge in [-0.3, -0.25) is 0 Å². The third kappa shape index (κ3) is 11.8. The molecule has 0 saturated carbocycles. The Morgan fingerprint density at radius 3 is 2.05 bits per heavy atom. The van der Waals surface area contributed by atoms with E-state index in [1.807, 2.05) is 6.08 Å². The fourth-order valence-electron chi connectivity index (χ4n) is 1.75. The van der Waals surface area contributed by atoms with Crippen LogP contribution in [0, 0.1) is 6.92 Å². The second kappa shape index (κ2) is 11.5. The van der Waals surface area contributed by atoms with Gasteiger partial charge in [0.25, 0.3) is 0 Å². The van der Waals surface area contributed by atoms with Gasteiger partial charge in [0.2, 0.25) is 0 Å². The average molecular weight is 271 g/mol. The van der Waals surface area contributed by atoms with E-state index in [1.165, 1.54) is 35.1 Å². The van der Waals surface area contributed by atoms with E-state index in [-0.39, 0.29) is 0 Å². The minimum Gasteiger partial charge on any atom is -0.0856 e. The van der Waals surface area contributed by atoms with Crippen molar-refractivity contribution in [1.82, 2.24) is 0 Å². The first-order chi connectivity index (χ1) is 9.45. The highest BCUT2D eigenvalue weighted by Gasteiger charge is 1.91. The minimum atomic E-state index is 1.14. The summed E-state index contributed by atoms with van der Waals surface area (Å²) >= 11 is 0. The normalized spacial score (nSPS) is 14.0. The molecule has 0 heteroatoms. The summed E-state index contributed by atoms with van der Waals surface area (Å²) in [6.45, 7) is 14.6. The first-order valence-electron chi connectivity index (χ1n) is 7.54. The third-order valence-electron chi connectivity index (χ3n) is 3.18. The molecule has 0 heterocycles. The number of hydrogen-bond donors (Lipinski definition) is 0. The molecule has 0 aromatic rings. The van der Waals surface area contributed by atoms with Crippen LogP contribution in [-0.4, -0.2) is 0 Å². The molecule has 20 heavy (non-hydrogen) atoms. The molecule has 0 spiro atoms. The Hall–Kier alpha value is -1.30. The van der Waals surface area contributed by atoms with Gasteiger partial charge in [0.1, 0.15) is 0 Å². The number of hydrogen-bond acceptors (Lipinski definition) is 0. The van der Waals surface area contributed by atoms with Crippen LogP contribution in [0.3, 0.4) is 0 Å². The molecule has 0 amide bonds. The molecule has 0 fully saturated rings. The van der Waals surface area contributed by atoms with E-state index in [2.05, 4.69) is 71.9 Å². The predicted molar refractivity (Wildman–Crippen MR) is 93.7 cm³/mol. The fraction of sp³-hybridized carbons (Fsp3) is 0.450. The summed E-state index contributed by atoms with van der Waals surface area (Å²) in [4.78, 5) is 0. The molecule has 0 atom stereocenters. The van der Waals surface area contributed by atoms with Gasteiger partial charge in [-0.25, -0.2) is 0 Å². The van der Waals surface area contributed by atoms with Gasteiger partial charge >= 0.3 is 0 Å². The Morgan fingerprint density at radius 1 is 0.850 bits per heavy atom.